The molecule has 6 heteroatoms. The summed E-state index contributed by atoms with van der Waals surface area (Å²) in [5.41, 5.74) is 7.20. The van der Waals surface area contributed by atoms with Crippen LogP contribution in [0.15, 0.2) is 12.7 Å². The lowest BCUT2D eigenvalue weighted by Crippen LogP contribution is -2.15. The molecular formula is C13H19N5O. The highest BCUT2D eigenvalue weighted by Crippen LogP contribution is 2.40. The van der Waals surface area contributed by atoms with Crippen molar-refractivity contribution in [1.29, 1.82) is 0 Å². The van der Waals surface area contributed by atoms with Gasteiger partial charge < -0.3 is 10.5 Å². The largest absolute Gasteiger partial charge is 0.382 e. The number of aromatic nitrogens is 4. The summed E-state index contributed by atoms with van der Waals surface area (Å²) in [6.07, 6.45) is 4.50. The number of anilines is 1. The van der Waals surface area contributed by atoms with Crippen molar-refractivity contribution >= 4 is 17.0 Å². The zero-order valence-corrected chi connectivity index (χ0v) is 11.4. The molecule has 3 rings (SSSR count). The average Bonchev–Trinajstić information content (AvgIpc) is 2.94. The van der Waals surface area contributed by atoms with Crippen molar-refractivity contribution < 1.29 is 4.74 Å². The van der Waals surface area contributed by atoms with Gasteiger partial charge in [0.2, 0.25) is 0 Å². The zero-order chi connectivity index (χ0) is 13.6. The molecular weight excluding hydrogens is 242 g/mol. The minimum absolute atomic E-state index is 0.0285. The molecule has 0 bridgehead atoms. The summed E-state index contributed by atoms with van der Waals surface area (Å²) in [5, 5.41) is 0. The number of rotatable bonds is 2. The van der Waals surface area contributed by atoms with Crippen LogP contribution in [0.2, 0.25) is 0 Å². The van der Waals surface area contributed by atoms with Gasteiger partial charge >= 0.3 is 0 Å². The number of fused-ring (bicyclic) bond motifs is 1. The Bertz CT molecular complexity index is 596. The molecule has 1 aliphatic rings. The Labute approximate surface area is 112 Å². The molecule has 6 nitrogen and oxygen atoms in total. The monoisotopic (exact) mass is 261 g/mol. The maximum absolute atomic E-state index is 6.15. The van der Waals surface area contributed by atoms with E-state index >= 15 is 0 Å². The molecule has 1 aliphatic heterocycles. The molecule has 1 fully saturated rings. The second-order valence-electron chi connectivity index (χ2n) is 5.27. The van der Waals surface area contributed by atoms with Crippen LogP contribution in [0.4, 0.5) is 5.82 Å². The van der Waals surface area contributed by atoms with Crippen LogP contribution in [0.1, 0.15) is 33.4 Å². The number of hydrogen-bond acceptors (Lipinski definition) is 5. The van der Waals surface area contributed by atoms with Crippen LogP contribution >= 0.6 is 0 Å². The molecule has 3 heterocycles. The highest BCUT2D eigenvalue weighted by atomic mass is 16.5. The van der Waals surface area contributed by atoms with Gasteiger partial charge in [0, 0.05) is 5.92 Å². The van der Waals surface area contributed by atoms with Crippen LogP contribution in [-0.2, 0) is 4.74 Å². The van der Waals surface area contributed by atoms with Gasteiger partial charge in [0.05, 0.1) is 12.4 Å². The van der Waals surface area contributed by atoms with Crippen LogP contribution < -0.4 is 5.73 Å². The van der Waals surface area contributed by atoms with E-state index in [1.807, 2.05) is 4.57 Å². The topological polar surface area (TPSA) is 78.9 Å². The summed E-state index contributed by atoms with van der Waals surface area (Å²) in [4.78, 5) is 12.6. The summed E-state index contributed by atoms with van der Waals surface area (Å²) >= 11 is 0. The lowest BCUT2D eigenvalue weighted by Gasteiger charge is -2.17. The minimum Gasteiger partial charge on any atom is -0.382 e. The molecule has 4 unspecified atom stereocenters. The molecule has 0 aliphatic carbocycles. The predicted molar refractivity (Wildman–Crippen MR) is 72.3 cm³/mol. The summed E-state index contributed by atoms with van der Waals surface area (Å²) in [5.74, 6) is 1.35. The van der Waals surface area contributed by atoms with E-state index in [9.17, 15) is 0 Å². The van der Waals surface area contributed by atoms with E-state index in [-0.39, 0.29) is 12.3 Å². The Hall–Kier alpha value is -1.69. The van der Waals surface area contributed by atoms with Gasteiger partial charge in [-0.05, 0) is 12.3 Å². The third kappa shape index (κ3) is 1.78. The lowest BCUT2D eigenvalue weighted by atomic mass is 9.91. The molecule has 19 heavy (non-hydrogen) atoms. The van der Waals surface area contributed by atoms with E-state index in [1.54, 1.807) is 6.33 Å². The van der Waals surface area contributed by atoms with Crippen molar-refractivity contribution in [1.82, 2.24) is 19.5 Å². The van der Waals surface area contributed by atoms with E-state index in [1.165, 1.54) is 6.33 Å². The van der Waals surface area contributed by atoms with Gasteiger partial charge in [-0.25, -0.2) is 15.0 Å². The molecule has 102 valence electrons. The van der Waals surface area contributed by atoms with E-state index in [0.29, 0.717) is 23.2 Å². The number of nitrogen functional groups attached to an aromatic ring is 1. The number of nitrogens with zero attached hydrogens (tertiary/aromatic N) is 4. The Morgan fingerprint density at radius 1 is 1.26 bits per heavy atom. The molecule has 0 radical (unpaired) electrons. The first-order valence-electron chi connectivity index (χ1n) is 6.72. The SMILES string of the molecule is CCC1OC(n2cnc3c(N)ncnc32)C(C)C1C. The summed E-state index contributed by atoms with van der Waals surface area (Å²) < 4.78 is 8.13. The molecule has 4 atom stereocenters. The third-order valence-corrected chi connectivity index (χ3v) is 4.24. The Morgan fingerprint density at radius 3 is 2.74 bits per heavy atom. The zero-order valence-electron chi connectivity index (χ0n) is 11.4. The molecule has 0 aromatic carbocycles. The van der Waals surface area contributed by atoms with Crippen LogP contribution in [0.3, 0.4) is 0 Å². The summed E-state index contributed by atoms with van der Waals surface area (Å²) in [6.45, 7) is 6.60. The van der Waals surface area contributed by atoms with E-state index in [4.69, 9.17) is 10.5 Å². The molecule has 0 amide bonds. The van der Waals surface area contributed by atoms with E-state index in [0.717, 1.165) is 12.1 Å². The molecule has 2 aromatic rings. The van der Waals surface area contributed by atoms with E-state index in [2.05, 4.69) is 35.7 Å². The van der Waals surface area contributed by atoms with Crippen molar-refractivity contribution in [2.45, 2.75) is 39.5 Å². The predicted octanol–water partition coefficient (Wildman–Crippen LogP) is 1.99. The van der Waals surface area contributed by atoms with Crippen molar-refractivity contribution in [3.05, 3.63) is 12.7 Å². The third-order valence-electron chi connectivity index (χ3n) is 4.24. The van der Waals surface area contributed by atoms with Crippen molar-refractivity contribution in [2.24, 2.45) is 11.8 Å². The number of nitrogens with two attached hydrogens (primary N) is 1. The van der Waals surface area contributed by atoms with Gasteiger partial charge in [-0.1, -0.05) is 20.8 Å². The standard InChI is InChI=1S/C13H19N5O/c1-4-9-7(2)8(3)13(19-9)18-6-17-10-11(14)15-5-16-12(10)18/h5-9,13H,4H2,1-3H3,(H2,14,15,16). The van der Waals surface area contributed by atoms with Crippen LogP contribution in [-0.4, -0.2) is 25.6 Å². The normalized spacial score (nSPS) is 31.1. The van der Waals surface area contributed by atoms with Crippen LogP contribution in [0, 0.1) is 11.8 Å². The van der Waals surface area contributed by atoms with Gasteiger partial charge in [-0.3, -0.25) is 4.57 Å². The summed E-state index contributed by atoms with van der Waals surface area (Å²) in [6, 6.07) is 0. The highest BCUT2D eigenvalue weighted by molar-refractivity contribution is 5.81. The fourth-order valence-electron chi connectivity index (χ4n) is 2.87. The number of ether oxygens (including phenoxy) is 1. The number of hydrogen-bond donors (Lipinski definition) is 1. The van der Waals surface area contributed by atoms with Gasteiger partial charge in [-0.2, -0.15) is 0 Å². The smallest absolute Gasteiger partial charge is 0.167 e. The van der Waals surface area contributed by atoms with E-state index < -0.39 is 0 Å². The first-order chi connectivity index (χ1) is 9.13. The first-order valence-corrected chi connectivity index (χ1v) is 6.72. The Balaban J connectivity index is 2.04. The highest BCUT2D eigenvalue weighted by Gasteiger charge is 2.39. The Morgan fingerprint density at radius 2 is 2.05 bits per heavy atom. The maximum Gasteiger partial charge on any atom is 0.167 e. The van der Waals surface area contributed by atoms with Crippen molar-refractivity contribution in [3.63, 3.8) is 0 Å². The maximum atomic E-state index is 6.15. The van der Waals surface area contributed by atoms with Crippen molar-refractivity contribution in [2.75, 3.05) is 5.73 Å². The molecule has 0 spiro atoms. The van der Waals surface area contributed by atoms with Crippen LogP contribution in [0.5, 0.6) is 0 Å². The molecule has 0 saturated carbocycles. The lowest BCUT2D eigenvalue weighted by molar-refractivity contribution is -0.0120. The van der Waals surface area contributed by atoms with Crippen LogP contribution in [0.25, 0.3) is 11.2 Å². The van der Waals surface area contributed by atoms with Crippen molar-refractivity contribution in [3.8, 4) is 0 Å². The number of imidazole rings is 1. The molecule has 1 saturated heterocycles. The minimum atomic E-state index is -0.0285. The average molecular weight is 261 g/mol. The summed E-state index contributed by atoms with van der Waals surface area (Å²) in [7, 11) is 0. The molecule has 2 N–H and O–H groups in total. The quantitative estimate of drug-likeness (QED) is 0.894. The van der Waals surface area contributed by atoms with Gasteiger partial charge in [0.15, 0.2) is 11.5 Å². The van der Waals surface area contributed by atoms with Gasteiger partial charge in [-0.15, -0.1) is 0 Å². The second kappa shape index (κ2) is 4.45. The fraction of sp³-hybridized carbons (Fsp3) is 0.615. The van der Waals surface area contributed by atoms with Gasteiger partial charge in [0.1, 0.15) is 18.1 Å². The Kier molecular flexibility index (Phi) is 2.89. The second-order valence-corrected chi connectivity index (χ2v) is 5.27. The van der Waals surface area contributed by atoms with Gasteiger partial charge in [0.25, 0.3) is 0 Å². The molecule has 2 aromatic heterocycles. The fourth-order valence-corrected chi connectivity index (χ4v) is 2.87. The first kappa shape index (κ1) is 12.3.